The van der Waals surface area contributed by atoms with Crippen molar-refractivity contribution in [3.8, 4) is 5.75 Å². The van der Waals surface area contributed by atoms with Crippen LogP contribution in [0.2, 0.25) is 0 Å². The molecule has 0 bridgehead atoms. The Kier molecular flexibility index (Phi) is 6.32. The standard InChI is InChI=1S/C23H29N3O3/c1-25-12-14-26(15-13-25)20-8-6-19(7-9-20)24-23(27)18-4-10-21(11-5-18)29-17-22-3-2-16-28-22/h4-11,22H,2-3,12-17H2,1H3,(H,24,27)/p+1/t22-/m0/s1. The molecule has 6 heteroatoms. The number of carbonyl (C=O) groups is 1. The van der Waals surface area contributed by atoms with Gasteiger partial charge in [0.25, 0.3) is 5.91 Å². The number of rotatable bonds is 6. The molecule has 4 rings (SSSR count). The summed E-state index contributed by atoms with van der Waals surface area (Å²) >= 11 is 0. The number of piperazine rings is 1. The van der Waals surface area contributed by atoms with E-state index in [-0.39, 0.29) is 12.0 Å². The lowest BCUT2D eigenvalue weighted by molar-refractivity contribution is -0.880. The average molecular weight is 397 g/mol. The maximum Gasteiger partial charge on any atom is 0.255 e. The Morgan fingerprint density at radius 1 is 1.14 bits per heavy atom. The molecular weight excluding hydrogens is 366 g/mol. The number of amides is 1. The summed E-state index contributed by atoms with van der Waals surface area (Å²) in [6, 6.07) is 15.4. The van der Waals surface area contributed by atoms with Gasteiger partial charge in [-0.25, -0.2) is 0 Å². The molecule has 1 atom stereocenters. The Morgan fingerprint density at radius 2 is 1.86 bits per heavy atom. The summed E-state index contributed by atoms with van der Waals surface area (Å²) in [6.45, 7) is 5.84. The number of hydrogen-bond donors (Lipinski definition) is 2. The fourth-order valence-corrected chi connectivity index (χ4v) is 3.77. The molecule has 2 heterocycles. The Morgan fingerprint density at radius 3 is 2.52 bits per heavy atom. The van der Waals surface area contributed by atoms with Crippen molar-refractivity contribution >= 4 is 17.3 Å². The molecule has 0 aromatic heterocycles. The number of ether oxygens (including phenoxy) is 2. The Bertz CT molecular complexity index is 793. The van der Waals surface area contributed by atoms with Gasteiger partial charge >= 0.3 is 0 Å². The van der Waals surface area contributed by atoms with Crippen LogP contribution in [-0.2, 0) is 4.74 Å². The van der Waals surface area contributed by atoms with Crippen LogP contribution in [0.1, 0.15) is 23.2 Å². The molecule has 0 radical (unpaired) electrons. The molecule has 0 saturated carbocycles. The number of carbonyl (C=O) groups excluding carboxylic acids is 1. The minimum Gasteiger partial charge on any atom is -0.491 e. The molecule has 2 aromatic rings. The van der Waals surface area contributed by atoms with Crippen LogP contribution in [0.25, 0.3) is 0 Å². The first kappa shape index (κ1) is 19.7. The summed E-state index contributed by atoms with van der Waals surface area (Å²) in [6.07, 6.45) is 2.34. The van der Waals surface area contributed by atoms with E-state index in [1.807, 2.05) is 24.3 Å². The van der Waals surface area contributed by atoms with E-state index in [0.717, 1.165) is 57.1 Å². The SMILES string of the molecule is C[NH+]1CCN(c2ccc(NC(=O)c3ccc(OC[C@@H]4CCCO4)cc3)cc2)CC1. The zero-order valence-electron chi connectivity index (χ0n) is 17.0. The summed E-state index contributed by atoms with van der Waals surface area (Å²) < 4.78 is 11.3. The quantitative estimate of drug-likeness (QED) is 0.782. The third-order valence-electron chi connectivity index (χ3n) is 5.68. The smallest absolute Gasteiger partial charge is 0.255 e. The van der Waals surface area contributed by atoms with Gasteiger partial charge in [0.1, 0.15) is 12.4 Å². The number of quaternary nitrogens is 1. The lowest BCUT2D eigenvalue weighted by Gasteiger charge is -2.31. The predicted octanol–water partition coefficient (Wildman–Crippen LogP) is 1.83. The average Bonchev–Trinajstić information content (AvgIpc) is 3.27. The molecule has 2 aliphatic rings. The fourth-order valence-electron chi connectivity index (χ4n) is 3.77. The Labute approximate surface area is 172 Å². The van der Waals surface area contributed by atoms with Gasteiger partial charge in [0, 0.05) is 23.5 Å². The number of nitrogens with one attached hydrogen (secondary N) is 2. The van der Waals surface area contributed by atoms with Crippen molar-refractivity contribution in [2.75, 3.05) is 56.7 Å². The van der Waals surface area contributed by atoms with Gasteiger partial charge in [-0.05, 0) is 61.4 Å². The second-order valence-corrected chi connectivity index (χ2v) is 7.92. The van der Waals surface area contributed by atoms with E-state index in [2.05, 4.69) is 29.4 Å². The van der Waals surface area contributed by atoms with Crippen LogP contribution in [0.15, 0.2) is 48.5 Å². The van der Waals surface area contributed by atoms with Crippen molar-refractivity contribution in [2.24, 2.45) is 0 Å². The zero-order chi connectivity index (χ0) is 20.1. The highest BCUT2D eigenvalue weighted by atomic mass is 16.5. The van der Waals surface area contributed by atoms with Gasteiger partial charge in [0.05, 0.1) is 39.3 Å². The molecule has 2 aromatic carbocycles. The van der Waals surface area contributed by atoms with Gasteiger partial charge in [0.15, 0.2) is 0 Å². The van der Waals surface area contributed by atoms with Crippen LogP contribution in [0.5, 0.6) is 5.75 Å². The summed E-state index contributed by atoms with van der Waals surface area (Å²) in [5.74, 6) is 0.641. The van der Waals surface area contributed by atoms with E-state index in [4.69, 9.17) is 9.47 Å². The lowest BCUT2D eigenvalue weighted by Crippen LogP contribution is -3.12. The first-order valence-corrected chi connectivity index (χ1v) is 10.5. The molecule has 0 aliphatic carbocycles. The van der Waals surface area contributed by atoms with E-state index < -0.39 is 0 Å². The zero-order valence-corrected chi connectivity index (χ0v) is 17.0. The first-order chi connectivity index (χ1) is 14.2. The van der Waals surface area contributed by atoms with Gasteiger partial charge in [-0.3, -0.25) is 4.79 Å². The van der Waals surface area contributed by atoms with Crippen molar-refractivity contribution < 1.29 is 19.2 Å². The number of nitrogens with zero attached hydrogens (tertiary/aromatic N) is 1. The van der Waals surface area contributed by atoms with Crippen molar-refractivity contribution in [3.05, 3.63) is 54.1 Å². The van der Waals surface area contributed by atoms with E-state index >= 15 is 0 Å². The van der Waals surface area contributed by atoms with Crippen molar-refractivity contribution in [1.29, 1.82) is 0 Å². The molecule has 1 amide bonds. The molecule has 2 aliphatic heterocycles. The van der Waals surface area contributed by atoms with Crippen LogP contribution in [-0.4, -0.2) is 58.5 Å². The lowest BCUT2D eigenvalue weighted by atomic mass is 10.2. The highest BCUT2D eigenvalue weighted by Gasteiger charge is 2.17. The molecule has 6 nitrogen and oxygen atoms in total. The highest BCUT2D eigenvalue weighted by molar-refractivity contribution is 6.04. The number of anilines is 2. The molecule has 29 heavy (non-hydrogen) atoms. The molecule has 2 saturated heterocycles. The molecule has 0 spiro atoms. The minimum absolute atomic E-state index is 0.119. The van der Waals surface area contributed by atoms with Crippen molar-refractivity contribution in [2.45, 2.75) is 18.9 Å². The van der Waals surface area contributed by atoms with Crippen LogP contribution in [0.4, 0.5) is 11.4 Å². The number of likely N-dealkylation sites (N-methyl/N-ethyl adjacent to an activating group) is 1. The first-order valence-electron chi connectivity index (χ1n) is 10.5. The van der Waals surface area contributed by atoms with Crippen molar-refractivity contribution in [1.82, 2.24) is 0 Å². The summed E-state index contributed by atoms with van der Waals surface area (Å²) in [7, 11) is 2.23. The maximum absolute atomic E-state index is 12.5. The summed E-state index contributed by atoms with van der Waals surface area (Å²) in [4.78, 5) is 16.5. The molecular formula is C23H30N3O3+. The molecule has 2 N–H and O–H groups in total. The molecule has 154 valence electrons. The van der Waals surface area contributed by atoms with Crippen LogP contribution in [0.3, 0.4) is 0 Å². The van der Waals surface area contributed by atoms with Gasteiger partial charge in [-0.2, -0.15) is 0 Å². The van der Waals surface area contributed by atoms with E-state index in [9.17, 15) is 4.79 Å². The van der Waals surface area contributed by atoms with Gasteiger partial charge < -0.3 is 24.6 Å². The van der Waals surface area contributed by atoms with Gasteiger partial charge in [-0.15, -0.1) is 0 Å². The summed E-state index contributed by atoms with van der Waals surface area (Å²) in [5.41, 5.74) is 2.63. The Hall–Kier alpha value is -2.57. The van der Waals surface area contributed by atoms with E-state index in [1.165, 1.54) is 5.69 Å². The molecule has 0 unspecified atom stereocenters. The third kappa shape index (κ3) is 5.28. The van der Waals surface area contributed by atoms with Crippen molar-refractivity contribution in [3.63, 3.8) is 0 Å². The maximum atomic E-state index is 12.5. The Balaban J connectivity index is 1.29. The highest BCUT2D eigenvalue weighted by Crippen LogP contribution is 2.20. The largest absolute Gasteiger partial charge is 0.491 e. The second kappa shape index (κ2) is 9.29. The predicted molar refractivity (Wildman–Crippen MR) is 114 cm³/mol. The minimum atomic E-state index is -0.119. The molecule has 2 fully saturated rings. The third-order valence-corrected chi connectivity index (χ3v) is 5.68. The van der Waals surface area contributed by atoms with E-state index in [0.29, 0.717) is 12.2 Å². The van der Waals surface area contributed by atoms with E-state index in [1.54, 1.807) is 17.0 Å². The normalized spacial score (nSPS) is 19.9. The van der Waals surface area contributed by atoms with Gasteiger partial charge in [0.2, 0.25) is 0 Å². The second-order valence-electron chi connectivity index (χ2n) is 7.92. The topological polar surface area (TPSA) is 55.2 Å². The van der Waals surface area contributed by atoms with Crippen LogP contribution in [0, 0.1) is 0 Å². The summed E-state index contributed by atoms with van der Waals surface area (Å²) in [5, 5.41) is 2.97. The number of hydrogen-bond acceptors (Lipinski definition) is 4. The van der Waals surface area contributed by atoms with Crippen LogP contribution >= 0.6 is 0 Å². The van der Waals surface area contributed by atoms with Crippen LogP contribution < -0.4 is 19.9 Å². The number of benzene rings is 2. The fraction of sp³-hybridized carbons (Fsp3) is 0.435. The van der Waals surface area contributed by atoms with Gasteiger partial charge in [-0.1, -0.05) is 0 Å². The monoisotopic (exact) mass is 396 g/mol.